The topological polar surface area (TPSA) is 139 Å². The van der Waals surface area contributed by atoms with Gasteiger partial charge in [0.05, 0.1) is 48.9 Å². The summed E-state index contributed by atoms with van der Waals surface area (Å²) in [6.45, 7) is 2.74. The molecule has 0 saturated carbocycles. The van der Waals surface area contributed by atoms with Crippen molar-refractivity contribution in [2.24, 2.45) is 0 Å². The fourth-order valence-electron chi connectivity index (χ4n) is 4.24. The Labute approximate surface area is 233 Å². The van der Waals surface area contributed by atoms with E-state index in [2.05, 4.69) is 20.6 Å². The van der Waals surface area contributed by atoms with Crippen LogP contribution in [0, 0.1) is 10.1 Å². The quantitative estimate of drug-likeness (QED) is 0.171. The molecule has 1 aromatic heterocycles. The molecule has 3 aromatic rings. The van der Waals surface area contributed by atoms with Crippen molar-refractivity contribution >= 4 is 28.4 Å². The molecule has 1 aliphatic heterocycles. The molecule has 0 radical (unpaired) electrons. The van der Waals surface area contributed by atoms with Gasteiger partial charge in [-0.05, 0) is 24.6 Å². The van der Waals surface area contributed by atoms with Crippen molar-refractivity contribution in [2.75, 3.05) is 51.7 Å². The molecule has 4 rings (SSSR count). The number of ether oxygens (including phenoxy) is 5. The van der Waals surface area contributed by atoms with Gasteiger partial charge in [-0.3, -0.25) is 10.1 Å². The summed E-state index contributed by atoms with van der Waals surface area (Å²) in [4.78, 5) is 19.6. The first kappa shape index (κ1) is 30.0. The number of halogens is 3. The number of methoxy groups -OCH3 is 3. The van der Waals surface area contributed by atoms with E-state index in [-0.39, 0.29) is 30.0 Å². The Bertz CT molecular complexity index is 1380. The van der Waals surface area contributed by atoms with E-state index in [1.807, 2.05) is 0 Å². The van der Waals surface area contributed by atoms with E-state index in [0.717, 1.165) is 12.1 Å². The van der Waals surface area contributed by atoms with Gasteiger partial charge in [0.2, 0.25) is 5.95 Å². The fourth-order valence-corrected chi connectivity index (χ4v) is 4.24. The summed E-state index contributed by atoms with van der Waals surface area (Å²) in [5, 5.41) is 18.0. The number of alkyl halides is 3. The Morgan fingerprint density at radius 3 is 2.49 bits per heavy atom. The average Bonchev–Trinajstić information content (AvgIpc) is 3.46. The maximum Gasteiger partial charge on any atom is 0.416 e. The van der Waals surface area contributed by atoms with E-state index in [1.54, 1.807) is 19.1 Å². The van der Waals surface area contributed by atoms with E-state index in [0.29, 0.717) is 48.1 Å². The van der Waals surface area contributed by atoms with Gasteiger partial charge in [0.15, 0.2) is 17.8 Å². The normalized spacial score (nSPS) is 16.1. The lowest BCUT2D eigenvalue weighted by atomic mass is 10.0. The minimum Gasteiger partial charge on any atom is -0.493 e. The van der Waals surface area contributed by atoms with E-state index >= 15 is 0 Å². The Kier molecular flexibility index (Phi) is 9.30. The van der Waals surface area contributed by atoms with Gasteiger partial charge in [0.1, 0.15) is 11.9 Å². The van der Waals surface area contributed by atoms with Crippen molar-refractivity contribution < 1.29 is 41.8 Å². The molecule has 0 bridgehead atoms. The SMILES string of the molecule is COc1cc2nc(NCC(OC)OC)nc(N[C@H](C)c3cc([N+](=O)[O-])cc(C(F)(F)F)c3)c2cc1O[C@H]1CCOC1. The molecular formula is C26H30F3N5O7. The highest BCUT2D eigenvalue weighted by Gasteiger charge is 2.33. The Hall–Kier alpha value is -3.95. The largest absolute Gasteiger partial charge is 0.493 e. The highest BCUT2D eigenvalue weighted by molar-refractivity contribution is 5.93. The number of fused-ring (bicyclic) bond motifs is 1. The van der Waals surface area contributed by atoms with Gasteiger partial charge in [-0.2, -0.15) is 18.2 Å². The smallest absolute Gasteiger partial charge is 0.416 e. The fraction of sp³-hybridized carbons (Fsp3) is 0.462. The lowest BCUT2D eigenvalue weighted by Gasteiger charge is -2.21. The maximum atomic E-state index is 13.5. The van der Waals surface area contributed by atoms with Crippen molar-refractivity contribution in [3.63, 3.8) is 0 Å². The van der Waals surface area contributed by atoms with Crippen LogP contribution in [0.25, 0.3) is 10.9 Å². The number of benzene rings is 2. The summed E-state index contributed by atoms with van der Waals surface area (Å²) in [7, 11) is 4.44. The molecule has 41 heavy (non-hydrogen) atoms. The predicted molar refractivity (Wildman–Crippen MR) is 142 cm³/mol. The minimum absolute atomic E-state index is 0.0414. The number of non-ortho nitro benzene ring substituents is 1. The highest BCUT2D eigenvalue weighted by Crippen LogP contribution is 2.38. The van der Waals surface area contributed by atoms with Crippen LogP contribution in [-0.4, -0.2) is 68.4 Å². The second kappa shape index (κ2) is 12.7. The standard InChI is InChI=1S/C26H30F3N5O7/c1-14(15-7-16(26(27,28)29)9-17(8-15)34(35)36)31-24-19-10-22(41-18-5-6-40-13-18)21(37-2)11-20(19)32-25(33-24)30-12-23(38-3)39-4/h7-11,14,18,23H,5-6,12-13H2,1-4H3,(H2,30,31,32,33)/t14-,18+/m1/s1. The van der Waals surface area contributed by atoms with Crippen LogP contribution in [0.3, 0.4) is 0 Å². The predicted octanol–water partition coefficient (Wildman–Crippen LogP) is 4.94. The first-order valence-corrected chi connectivity index (χ1v) is 12.6. The molecule has 0 aliphatic carbocycles. The first-order valence-electron chi connectivity index (χ1n) is 12.6. The maximum absolute atomic E-state index is 13.5. The molecule has 0 unspecified atom stereocenters. The van der Waals surface area contributed by atoms with Gasteiger partial charge in [-0.25, -0.2) is 4.98 Å². The summed E-state index contributed by atoms with van der Waals surface area (Å²) in [5.74, 6) is 1.23. The van der Waals surface area contributed by atoms with Crippen molar-refractivity contribution in [3.8, 4) is 11.5 Å². The van der Waals surface area contributed by atoms with Crippen molar-refractivity contribution in [2.45, 2.75) is 38.0 Å². The van der Waals surface area contributed by atoms with Gasteiger partial charge >= 0.3 is 6.18 Å². The second-order valence-corrected chi connectivity index (χ2v) is 9.24. The molecule has 2 atom stereocenters. The summed E-state index contributed by atoms with van der Waals surface area (Å²) in [6.07, 6.45) is -4.87. The minimum atomic E-state index is -4.77. The third kappa shape index (κ3) is 7.23. The number of nitro groups is 1. The molecule has 222 valence electrons. The Balaban J connectivity index is 1.77. The summed E-state index contributed by atoms with van der Waals surface area (Å²) in [5.41, 5.74) is -1.33. The second-order valence-electron chi connectivity index (χ2n) is 9.24. The van der Waals surface area contributed by atoms with Crippen molar-refractivity contribution in [1.82, 2.24) is 9.97 Å². The zero-order valence-corrected chi connectivity index (χ0v) is 22.8. The number of nitrogens with one attached hydrogen (secondary N) is 2. The first-order chi connectivity index (χ1) is 19.5. The molecule has 1 aliphatic rings. The van der Waals surface area contributed by atoms with Crippen LogP contribution in [0.5, 0.6) is 11.5 Å². The Morgan fingerprint density at radius 1 is 1.12 bits per heavy atom. The lowest BCUT2D eigenvalue weighted by Crippen LogP contribution is -2.24. The zero-order chi connectivity index (χ0) is 29.7. The molecule has 2 N–H and O–H groups in total. The molecule has 0 spiro atoms. The van der Waals surface area contributed by atoms with Gasteiger partial charge in [-0.15, -0.1) is 0 Å². The van der Waals surface area contributed by atoms with E-state index in [4.69, 9.17) is 23.7 Å². The molecule has 12 nitrogen and oxygen atoms in total. The molecule has 2 aromatic carbocycles. The van der Waals surface area contributed by atoms with Crippen LogP contribution >= 0.6 is 0 Å². The van der Waals surface area contributed by atoms with E-state index in [1.165, 1.54) is 21.3 Å². The number of hydrogen-bond donors (Lipinski definition) is 2. The average molecular weight is 582 g/mol. The summed E-state index contributed by atoms with van der Waals surface area (Å²) < 4.78 is 68.0. The number of aromatic nitrogens is 2. The molecule has 1 saturated heterocycles. The summed E-state index contributed by atoms with van der Waals surface area (Å²) >= 11 is 0. The number of nitrogens with zero attached hydrogens (tertiary/aromatic N) is 3. The van der Waals surface area contributed by atoms with Crippen molar-refractivity contribution in [3.05, 3.63) is 51.6 Å². The van der Waals surface area contributed by atoms with Gasteiger partial charge < -0.3 is 34.3 Å². The zero-order valence-electron chi connectivity index (χ0n) is 22.8. The van der Waals surface area contributed by atoms with Crippen LogP contribution in [-0.2, 0) is 20.4 Å². The molecular weight excluding hydrogens is 551 g/mol. The number of rotatable bonds is 12. The molecule has 0 amide bonds. The van der Waals surface area contributed by atoms with Gasteiger partial charge in [-0.1, -0.05) is 0 Å². The van der Waals surface area contributed by atoms with Crippen LogP contribution in [0.1, 0.15) is 30.5 Å². The Morgan fingerprint density at radius 2 is 1.88 bits per heavy atom. The van der Waals surface area contributed by atoms with Crippen molar-refractivity contribution in [1.29, 1.82) is 0 Å². The third-order valence-corrected chi connectivity index (χ3v) is 6.45. The van der Waals surface area contributed by atoms with Crippen LogP contribution in [0.2, 0.25) is 0 Å². The van der Waals surface area contributed by atoms with Crippen LogP contribution in [0.15, 0.2) is 30.3 Å². The number of hydrogen-bond acceptors (Lipinski definition) is 11. The lowest BCUT2D eigenvalue weighted by molar-refractivity contribution is -0.385. The summed E-state index contributed by atoms with van der Waals surface area (Å²) in [6, 6.07) is 4.96. The van der Waals surface area contributed by atoms with E-state index < -0.39 is 34.7 Å². The molecule has 2 heterocycles. The highest BCUT2D eigenvalue weighted by atomic mass is 19.4. The third-order valence-electron chi connectivity index (χ3n) is 6.45. The van der Waals surface area contributed by atoms with Gasteiger partial charge in [0.25, 0.3) is 5.69 Å². The monoisotopic (exact) mass is 581 g/mol. The number of nitro benzene ring substituents is 1. The van der Waals surface area contributed by atoms with Gasteiger partial charge in [0, 0.05) is 44.2 Å². The number of anilines is 2. The van der Waals surface area contributed by atoms with Crippen LogP contribution in [0.4, 0.5) is 30.6 Å². The molecule has 1 fully saturated rings. The van der Waals surface area contributed by atoms with E-state index in [9.17, 15) is 23.3 Å². The molecule has 15 heteroatoms. The van der Waals surface area contributed by atoms with Crippen LogP contribution < -0.4 is 20.1 Å².